The minimum atomic E-state index is -1.41. The van der Waals surface area contributed by atoms with Crippen LogP contribution in [0.1, 0.15) is 17.3 Å². The number of aliphatic hydroxyl groups is 1. The van der Waals surface area contributed by atoms with Crippen molar-refractivity contribution in [2.45, 2.75) is 19.1 Å². The van der Waals surface area contributed by atoms with Crippen LogP contribution in [0.15, 0.2) is 12.3 Å². The molecule has 1 aromatic rings. The van der Waals surface area contributed by atoms with Crippen molar-refractivity contribution >= 4 is 35.1 Å². The third-order valence-electron chi connectivity index (χ3n) is 2.09. The zero-order chi connectivity index (χ0) is 13.9. The SMILES string of the molecule is CC(O)C(NC(=O)c1cnc(Cl)c(Cl)c1)C(=O)O. The van der Waals surface area contributed by atoms with E-state index in [0.717, 1.165) is 6.20 Å². The van der Waals surface area contributed by atoms with Gasteiger partial charge in [-0.15, -0.1) is 0 Å². The fourth-order valence-electron chi connectivity index (χ4n) is 1.16. The number of halogens is 2. The average molecular weight is 293 g/mol. The Kier molecular flexibility index (Phi) is 4.89. The van der Waals surface area contributed by atoms with Crippen LogP contribution in [0.4, 0.5) is 0 Å². The maximum absolute atomic E-state index is 11.7. The molecule has 6 nitrogen and oxygen atoms in total. The number of hydrogen-bond acceptors (Lipinski definition) is 4. The van der Waals surface area contributed by atoms with Crippen molar-refractivity contribution in [3.63, 3.8) is 0 Å². The smallest absolute Gasteiger partial charge is 0.328 e. The van der Waals surface area contributed by atoms with Crippen LogP contribution in [0.2, 0.25) is 10.2 Å². The van der Waals surface area contributed by atoms with Gasteiger partial charge < -0.3 is 15.5 Å². The standard InChI is InChI=1S/C10H10Cl2N2O4/c1-4(15)7(10(17)18)14-9(16)5-2-6(11)8(12)13-3-5/h2-4,7,15H,1H3,(H,14,16)(H,17,18). The van der Waals surface area contributed by atoms with E-state index in [2.05, 4.69) is 10.3 Å². The van der Waals surface area contributed by atoms with Gasteiger partial charge >= 0.3 is 5.97 Å². The van der Waals surface area contributed by atoms with Crippen molar-refractivity contribution in [3.8, 4) is 0 Å². The van der Waals surface area contributed by atoms with Gasteiger partial charge in [0.05, 0.1) is 16.7 Å². The Balaban J connectivity index is 2.87. The fourth-order valence-corrected chi connectivity index (χ4v) is 1.43. The van der Waals surface area contributed by atoms with Gasteiger partial charge in [0.25, 0.3) is 5.91 Å². The minimum Gasteiger partial charge on any atom is -0.480 e. The Morgan fingerprint density at radius 3 is 2.50 bits per heavy atom. The first-order valence-electron chi connectivity index (χ1n) is 4.85. The molecule has 18 heavy (non-hydrogen) atoms. The highest BCUT2D eigenvalue weighted by Gasteiger charge is 2.25. The molecule has 0 aliphatic carbocycles. The molecule has 1 rings (SSSR count). The highest BCUT2D eigenvalue weighted by atomic mass is 35.5. The maximum Gasteiger partial charge on any atom is 0.328 e. The van der Waals surface area contributed by atoms with Crippen LogP contribution < -0.4 is 5.32 Å². The molecular formula is C10H10Cl2N2O4. The van der Waals surface area contributed by atoms with Crippen LogP contribution in [-0.2, 0) is 4.79 Å². The van der Waals surface area contributed by atoms with Crippen LogP contribution in [-0.4, -0.2) is 39.2 Å². The van der Waals surface area contributed by atoms with Crippen molar-refractivity contribution in [2.24, 2.45) is 0 Å². The summed E-state index contributed by atoms with van der Waals surface area (Å²) >= 11 is 11.3. The normalized spacial score (nSPS) is 13.8. The molecule has 0 aromatic carbocycles. The predicted molar refractivity (Wildman–Crippen MR) is 64.8 cm³/mol. The summed E-state index contributed by atoms with van der Waals surface area (Å²) in [5.41, 5.74) is 0.0521. The number of rotatable bonds is 4. The lowest BCUT2D eigenvalue weighted by molar-refractivity contribution is -0.141. The van der Waals surface area contributed by atoms with Gasteiger partial charge in [-0.2, -0.15) is 0 Å². The summed E-state index contributed by atoms with van der Waals surface area (Å²) in [5, 5.41) is 20.3. The second-order valence-corrected chi connectivity index (χ2v) is 4.29. The molecular weight excluding hydrogens is 283 g/mol. The summed E-state index contributed by atoms with van der Waals surface area (Å²) in [7, 11) is 0. The summed E-state index contributed by atoms with van der Waals surface area (Å²) in [5.74, 6) is -2.05. The largest absolute Gasteiger partial charge is 0.480 e. The first-order valence-corrected chi connectivity index (χ1v) is 5.61. The first kappa shape index (κ1) is 14.7. The number of carbonyl (C=O) groups is 2. The molecule has 0 saturated heterocycles. The van der Waals surface area contributed by atoms with Crippen LogP contribution in [0.5, 0.6) is 0 Å². The molecule has 0 fully saturated rings. The van der Waals surface area contributed by atoms with E-state index >= 15 is 0 Å². The number of carboxylic acids is 1. The number of pyridine rings is 1. The number of nitrogens with zero attached hydrogens (tertiary/aromatic N) is 1. The van der Waals surface area contributed by atoms with E-state index in [1.54, 1.807) is 0 Å². The molecule has 0 spiro atoms. The predicted octanol–water partition coefficient (Wildman–Crippen LogP) is 0.952. The minimum absolute atomic E-state index is 0.0403. The van der Waals surface area contributed by atoms with Crippen LogP contribution in [0.25, 0.3) is 0 Å². The third kappa shape index (κ3) is 3.56. The second-order valence-electron chi connectivity index (χ2n) is 3.53. The maximum atomic E-state index is 11.7. The summed E-state index contributed by atoms with van der Waals surface area (Å²) in [6.45, 7) is 1.26. The number of carbonyl (C=O) groups excluding carboxylic acids is 1. The van der Waals surface area contributed by atoms with Crippen molar-refractivity contribution in [1.29, 1.82) is 0 Å². The van der Waals surface area contributed by atoms with Gasteiger partial charge in [-0.1, -0.05) is 23.2 Å². The quantitative estimate of drug-likeness (QED) is 0.718. The Bertz CT molecular complexity index is 479. The number of carboxylic acid groups (broad SMARTS) is 1. The van der Waals surface area contributed by atoms with Gasteiger partial charge in [-0.25, -0.2) is 9.78 Å². The molecule has 0 saturated carbocycles. The van der Waals surface area contributed by atoms with E-state index in [1.807, 2.05) is 0 Å². The number of hydrogen-bond donors (Lipinski definition) is 3. The van der Waals surface area contributed by atoms with Gasteiger partial charge in [-0.3, -0.25) is 4.79 Å². The first-order chi connectivity index (χ1) is 8.32. The van der Waals surface area contributed by atoms with Crippen molar-refractivity contribution in [1.82, 2.24) is 10.3 Å². The Morgan fingerprint density at radius 2 is 2.06 bits per heavy atom. The van der Waals surface area contributed by atoms with E-state index < -0.39 is 24.0 Å². The topological polar surface area (TPSA) is 99.5 Å². The lowest BCUT2D eigenvalue weighted by Crippen LogP contribution is -2.47. The summed E-state index contributed by atoms with van der Waals surface area (Å²) < 4.78 is 0. The molecule has 0 aliphatic heterocycles. The van der Waals surface area contributed by atoms with Crippen LogP contribution in [0.3, 0.4) is 0 Å². The van der Waals surface area contributed by atoms with E-state index in [0.29, 0.717) is 0 Å². The number of amides is 1. The molecule has 3 N–H and O–H groups in total. The number of nitrogens with one attached hydrogen (secondary N) is 1. The van der Waals surface area contributed by atoms with Gasteiger partial charge in [0.15, 0.2) is 6.04 Å². The van der Waals surface area contributed by atoms with Gasteiger partial charge in [-0.05, 0) is 13.0 Å². The third-order valence-corrected chi connectivity index (χ3v) is 2.78. The molecule has 1 heterocycles. The number of aliphatic carboxylic acids is 1. The second kappa shape index (κ2) is 5.99. The summed E-state index contributed by atoms with van der Waals surface area (Å²) in [6, 6.07) is -0.153. The van der Waals surface area contributed by atoms with E-state index in [-0.39, 0.29) is 15.7 Å². The molecule has 98 valence electrons. The molecule has 0 bridgehead atoms. The van der Waals surface area contributed by atoms with Crippen molar-refractivity contribution in [2.75, 3.05) is 0 Å². The summed E-state index contributed by atoms with van der Waals surface area (Å²) in [6.07, 6.45) is -0.0769. The van der Waals surface area contributed by atoms with Crippen LogP contribution in [0, 0.1) is 0 Å². The molecule has 0 aliphatic rings. The lowest BCUT2D eigenvalue weighted by atomic mass is 10.1. The average Bonchev–Trinajstić information content (AvgIpc) is 2.28. The van der Waals surface area contributed by atoms with Crippen molar-refractivity contribution < 1.29 is 19.8 Å². The number of aliphatic hydroxyl groups excluding tert-OH is 1. The Labute approximate surface area is 113 Å². The Morgan fingerprint density at radius 1 is 1.44 bits per heavy atom. The molecule has 1 amide bonds. The number of aromatic nitrogens is 1. The molecule has 0 radical (unpaired) electrons. The van der Waals surface area contributed by atoms with Gasteiger partial charge in [0, 0.05) is 6.20 Å². The zero-order valence-electron chi connectivity index (χ0n) is 9.22. The highest BCUT2D eigenvalue weighted by molar-refractivity contribution is 6.41. The monoisotopic (exact) mass is 292 g/mol. The van der Waals surface area contributed by atoms with E-state index in [4.69, 9.17) is 28.3 Å². The molecule has 1 aromatic heterocycles. The van der Waals surface area contributed by atoms with Crippen LogP contribution >= 0.6 is 23.2 Å². The summed E-state index contributed by atoms with van der Waals surface area (Å²) in [4.78, 5) is 26.2. The zero-order valence-corrected chi connectivity index (χ0v) is 10.7. The van der Waals surface area contributed by atoms with Gasteiger partial charge in [0.2, 0.25) is 0 Å². The Hall–Kier alpha value is -1.37. The fraction of sp³-hybridized carbons (Fsp3) is 0.300. The highest BCUT2D eigenvalue weighted by Crippen LogP contribution is 2.19. The lowest BCUT2D eigenvalue weighted by Gasteiger charge is -2.16. The van der Waals surface area contributed by atoms with E-state index in [9.17, 15) is 14.7 Å². The van der Waals surface area contributed by atoms with Gasteiger partial charge in [0.1, 0.15) is 5.15 Å². The molecule has 2 atom stereocenters. The molecule has 2 unspecified atom stereocenters. The van der Waals surface area contributed by atoms with E-state index in [1.165, 1.54) is 13.0 Å². The van der Waals surface area contributed by atoms with Crippen molar-refractivity contribution in [3.05, 3.63) is 28.0 Å². The molecule has 8 heteroatoms.